The highest BCUT2D eigenvalue weighted by atomic mass is 16.5. The Bertz CT molecular complexity index is 925. The van der Waals surface area contributed by atoms with Gasteiger partial charge in [0.15, 0.2) is 5.72 Å². The molecule has 1 fully saturated rings. The molecule has 3 aromatic rings. The van der Waals surface area contributed by atoms with Crippen LogP contribution >= 0.6 is 0 Å². The Hall–Kier alpha value is -2.47. The summed E-state index contributed by atoms with van der Waals surface area (Å²) in [5.41, 5.74) is 4.07. The molecule has 2 heterocycles. The lowest BCUT2D eigenvalue weighted by Crippen LogP contribution is -2.63. The van der Waals surface area contributed by atoms with Crippen molar-refractivity contribution >= 4 is 0 Å². The Morgan fingerprint density at radius 3 is 2.41 bits per heavy atom. The van der Waals surface area contributed by atoms with Crippen molar-refractivity contribution in [1.29, 1.82) is 0 Å². The fourth-order valence-electron chi connectivity index (χ4n) is 4.50. The SMILES string of the molecule is COC1(c2ccccc2)NCC(n2nc(C)cc2C)CC1NCc1ccccc1. The number of aromatic nitrogens is 2. The van der Waals surface area contributed by atoms with Gasteiger partial charge in [0.05, 0.1) is 17.8 Å². The van der Waals surface area contributed by atoms with E-state index < -0.39 is 5.72 Å². The molecule has 3 unspecified atom stereocenters. The maximum Gasteiger partial charge on any atom is 0.160 e. The zero-order chi connectivity index (χ0) is 20.3. The second kappa shape index (κ2) is 8.49. The molecule has 1 aliphatic heterocycles. The van der Waals surface area contributed by atoms with Gasteiger partial charge in [-0.1, -0.05) is 60.7 Å². The van der Waals surface area contributed by atoms with Crippen molar-refractivity contribution in [2.75, 3.05) is 13.7 Å². The number of ether oxygens (including phenoxy) is 1. The maximum atomic E-state index is 6.18. The quantitative estimate of drug-likeness (QED) is 0.674. The van der Waals surface area contributed by atoms with Gasteiger partial charge in [-0.15, -0.1) is 0 Å². The van der Waals surface area contributed by atoms with E-state index in [4.69, 9.17) is 9.84 Å². The van der Waals surface area contributed by atoms with Crippen LogP contribution in [0.4, 0.5) is 0 Å². The summed E-state index contributed by atoms with van der Waals surface area (Å²) >= 11 is 0. The van der Waals surface area contributed by atoms with Gasteiger partial charge < -0.3 is 10.1 Å². The molecular weight excluding hydrogens is 360 g/mol. The molecule has 2 N–H and O–H groups in total. The van der Waals surface area contributed by atoms with Gasteiger partial charge >= 0.3 is 0 Å². The van der Waals surface area contributed by atoms with Gasteiger partial charge in [-0.25, -0.2) is 0 Å². The molecule has 1 aliphatic rings. The Morgan fingerprint density at radius 1 is 1.10 bits per heavy atom. The molecule has 3 atom stereocenters. The molecule has 1 saturated heterocycles. The minimum atomic E-state index is -0.581. The molecule has 0 spiro atoms. The predicted molar refractivity (Wildman–Crippen MR) is 116 cm³/mol. The number of aryl methyl sites for hydroxylation is 2. The van der Waals surface area contributed by atoms with E-state index in [0.717, 1.165) is 30.8 Å². The number of nitrogens with zero attached hydrogens (tertiary/aromatic N) is 2. The second-order valence-corrected chi connectivity index (χ2v) is 7.87. The molecule has 5 heteroatoms. The standard InChI is InChI=1S/C24H30N4O/c1-18-14-19(2)28(27-18)22-15-23(25-16-20-10-6-4-7-11-20)24(29-3,26-17-22)21-12-8-5-9-13-21/h4-14,22-23,25-26H,15-17H2,1-3H3. The largest absolute Gasteiger partial charge is 0.358 e. The van der Waals surface area contributed by atoms with Crippen LogP contribution in [0.15, 0.2) is 66.7 Å². The molecule has 0 saturated carbocycles. The fraction of sp³-hybridized carbons (Fsp3) is 0.375. The van der Waals surface area contributed by atoms with Crippen molar-refractivity contribution in [3.05, 3.63) is 89.2 Å². The number of hydrogen-bond acceptors (Lipinski definition) is 4. The number of benzene rings is 2. The molecule has 29 heavy (non-hydrogen) atoms. The highest BCUT2D eigenvalue weighted by Crippen LogP contribution is 2.35. The van der Waals surface area contributed by atoms with E-state index in [2.05, 4.69) is 76.8 Å². The minimum absolute atomic E-state index is 0.0813. The number of methoxy groups -OCH3 is 1. The van der Waals surface area contributed by atoms with Gasteiger partial charge in [0.2, 0.25) is 0 Å². The van der Waals surface area contributed by atoms with Crippen LogP contribution < -0.4 is 10.6 Å². The topological polar surface area (TPSA) is 51.1 Å². The van der Waals surface area contributed by atoms with Crippen LogP contribution in [0.2, 0.25) is 0 Å². The van der Waals surface area contributed by atoms with E-state index >= 15 is 0 Å². The first-order valence-corrected chi connectivity index (χ1v) is 10.3. The smallest absolute Gasteiger partial charge is 0.160 e. The van der Waals surface area contributed by atoms with Gasteiger partial charge in [0, 0.05) is 31.5 Å². The monoisotopic (exact) mass is 390 g/mol. The highest BCUT2D eigenvalue weighted by molar-refractivity contribution is 5.26. The van der Waals surface area contributed by atoms with Gasteiger partial charge in [0.1, 0.15) is 0 Å². The highest BCUT2D eigenvalue weighted by Gasteiger charge is 2.45. The summed E-state index contributed by atoms with van der Waals surface area (Å²) in [6, 6.07) is 23.5. The van der Waals surface area contributed by atoms with Crippen LogP contribution in [0.3, 0.4) is 0 Å². The molecule has 0 radical (unpaired) electrons. The average molecular weight is 391 g/mol. The minimum Gasteiger partial charge on any atom is -0.358 e. The first-order chi connectivity index (χ1) is 14.1. The van der Waals surface area contributed by atoms with Crippen molar-refractivity contribution in [3.63, 3.8) is 0 Å². The summed E-state index contributed by atoms with van der Waals surface area (Å²) in [7, 11) is 1.79. The van der Waals surface area contributed by atoms with Crippen LogP contribution in [0, 0.1) is 13.8 Å². The van der Waals surface area contributed by atoms with E-state index in [1.165, 1.54) is 11.3 Å². The summed E-state index contributed by atoms with van der Waals surface area (Å²) in [6.45, 7) is 5.76. The van der Waals surface area contributed by atoms with Crippen LogP contribution in [0.25, 0.3) is 0 Å². The first-order valence-electron chi connectivity index (χ1n) is 10.3. The molecule has 0 bridgehead atoms. The number of piperidine rings is 1. The van der Waals surface area contributed by atoms with Crippen molar-refractivity contribution in [3.8, 4) is 0 Å². The van der Waals surface area contributed by atoms with E-state index in [1.54, 1.807) is 7.11 Å². The normalized spacial score (nSPS) is 24.5. The average Bonchev–Trinajstić information content (AvgIpc) is 3.11. The maximum absolute atomic E-state index is 6.18. The molecule has 4 rings (SSSR count). The Balaban J connectivity index is 1.64. The van der Waals surface area contributed by atoms with E-state index in [0.29, 0.717) is 0 Å². The number of hydrogen-bond donors (Lipinski definition) is 2. The third kappa shape index (κ3) is 3.99. The molecule has 0 aliphatic carbocycles. The van der Waals surface area contributed by atoms with Gasteiger partial charge in [-0.2, -0.15) is 5.10 Å². The van der Waals surface area contributed by atoms with Crippen molar-refractivity contribution in [1.82, 2.24) is 20.4 Å². The van der Waals surface area contributed by atoms with Gasteiger partial charge in [0.25, 0.3) is 0 Å². The van der Waals surface area contributed by atoms with E-state index in [9.17, 15) is 0 Å². The zero-order valence-corrected chi connectivity index (χ0v) is 17.4. The summed E-state index contributed by atoms with van der Waals surface area (Å²) in [6.07, 6.45) is 0.921. The lowest BCUT2D eigenvalue weighted by atomic mass is 9.85. The molecule has 0 amide bonds. The third-order valence-electron chi connectivity index (χ3n) is 5.91. The zero-order valence-electron chi connectivity index (χ0n) is 17.4. The molecule has 152 valence electrons. The third-order valence-corrected chi connectivity index (χ3v) is 5.91. The van der Waals surface area contributed by atoms with Crippen molar-refractivity contribution in [2.45, 2.75) is 44.6 Å². The van der Waals surface area contributed by atoms with Crippen LogP contribution in [-0.2, 0) is 17.0 Å². The van der Waals surface area contributed by atoms with Crippen molar-refractivity contribution < 1.29 is 4.74 Å². The van der Waals surface area contributed by atoms with Crippen LogP contribution in [0.1, 0.15) is 35.0 Å². The summed E-state index contributed by atoms with van der Waals surface area (Å²) in [5, 5.41) is 12.2. The Morgan fingerprint density at radius 2 is 1.79 bits per heavy atom. The Kier molecular flexibility index (Phi) is 5.81. The van der Waals surface area contributed by atoms with Crippen LogP contribution in [-0.4, -0.2) is 29.5 Å². The lowest BCUT2D eigenvalue weighted by Gasteiger charge is -2.47. The summed E-state index contributed by atoms with van der Waals surface area (Å²) < 4.78 is 8.34. The van der Waals surface area contributed by atoms with Crippen molar-refractivity contribution in [2.24, 2.45) is 0 Å². The summed E-state index contributed by atoms with van der Waals surface area (Å²) in [5.74, 6) is 0. The van der Waals surface area contributed by atoms with Crippen LogP contribution in [0.5, 0.6) is 0 Å². The van der Waals surface area contributed by atoms with Gasteiger partial charge in [-0.05, 0) is 31.9 Å². The second-order valence-electron chi connectivity index (χ2n) is 7.87. The molecular formula is C24H30N4O. The first kappa shape index (κ1) is 19.8. The number of rotatable bonds is 6. The predicted octanol–water partition coefficient (Wildman–Crippen LogP) is 3.69. The van der Waals surface area contributed by atoms with E-state index in [-0.39, 0.29) is 12.1 Å². The molecule has 1 aromatic heterocycles. The lowest BCUT2D eigenvalue weighted by molar-refractivity contribution is -0.0989. The Labute approximate surface area is 173 Å². The summed E-state index contributed by atoms with van der Waals surface area (Å²) in [4.78, 5) is 0. The number of nitrogens with one attached hydrogen (secondary N) is 2. The molecule has 5 nitrogen and oxygen atoms in total. The van der Waals surface area contributed by atoms with Gasteiger partial charge in [-0.3, -0.25) is 10.00 Å². The molecule has 2 aromatic carbocycles. The fourth-order valence-corrected chi connectivity index (χ4v) is 4.50. The van der Waals surface area contributed by atoms with E-state index in [1.807, 2.05) is 19.1 Å².